The summed E-state index contributed by atoms with van der Waals surface area (Å²) in [6.45, 7) is 5.55. The molecule has 2 heterocycles. The molecule has 1 unspecified atom stereocenters. The van der Waals surface area contributed by atoms with Crippen LogP contribution in [-0.2, 0) is 20.7 Å². The van der Waals surface area contributed by atoms with Gasteiger partial charge < -0.3 is 24.6 Å². The second-order valence-corrected chi connectivity index (χ2v) is 7.67. The molecule has 1 aromatic rings. The zero-order chi connectivity index (χ0) is 20.5. The second kappa shape index (κ2) is 11.2. The average molecular weight is 403 g/mol. The van der Waals surface area contributed by atoms with Crippen LogP contribution in [0.15, 0.2) is 29.3 Å². The summed E-state index contributed by atoms with van der Waals surface area (Å²) in [5.41, 5.74) is 2.35. The Hall–Kier alpha value is -2.12. The number of hydrogen-bond donors (Lipinski definition) is 1. The van der Waals surface area contributed by atoms with Gasteiger partial charge >= 0.3 is 0 Å². The van der Waals surface area contributed by atoms with Crippen molar-refractivity contribution in [1.29, 1.82) is 0 Å². The number of carbonyl (C=O) groups excluding carboxylic acids is 1. The lowest BCUT2D eigenvalue weighted by molar-refractivity contribution is -0.118. The van der Waals surface area contributed by atoms with Crippen molar-refractivity contribution in [3.8, 4) is 0 Å². The van der Waals surface area contributed by atoms with Gasteiger partial charge in [0.05, 0.1) is 19.8 Å². The van der Waals surface area contributed by atoms with E-state index in [2.05, 4.69) is 21.3 Å². The monoisotopic (exact) mass is 402 g/mol. The van der Waals surface area contributed by atoms with Gasteiger partial charge in [-0.3, -0.25) is 9.79 Å². The van der Waals surface area contributed by atoms with Crippen LogP contribution in [0, 0.1) is 5.92 Å². The highest BCUT2D eigenvalue weighted by molar-refractivity contribution is 5.95. The number of hydrogen-bond acceptors (Lipinski definition) is 4. The summed E-state index contributed by atoms with van der Waals surface area (Å²) < 4.78 is 10.7. The Morgan fingerprint density at radius 3 is 2.97 bits per heavy atom. The minimum absolute atomic E-state index is 0.209. The van der Waals surface area contributed by atoms with E-state index < -0.39 is 0 Å². The van der Waals surface area contributed by atoms with Gasteiger partial charge in [-0.2, -0.15) is 0 Å². The van der Waals surface area contributed by atoms with Crippen LogP contribution < -0.4 is 10.2 Å². The Labute approximate surface area is 174 Å². The second-order valence-electron chi connectivity index (χ2n) is 7.67. The number of ether oxygens (including phenoxy) is 2. The van der Waals surface area contributed by atoms with E-state index in [0.29, 0.717) is 25.6 Å². The molecule has 2 aliphatic heterocycles. The highest BCUT2D eigenvalue weighted by Gasteiger charge is 2.25. The zero-order valence-electron chi connectivity index (χ0n) is 17.7. The van der Waals surface area contributed by atoms with E-state index in [4.69, 9.17) is 9.47 Å². The van der Waals surface area contributed by atoms with Crippen LogP contribution in [0.5, 0.6) is 0 Å². The Bertz CT molecular complexity index is 694. The molecule has 0 bridgehead atoms. The number of nitrogens with one attached hydrogen (secondary N) is 1. The van der Waals surface area contributed by atoms with Crippen LogP contribution >= 0.6 is 0 Å². The predicted molar refractivity (Wildman–Crippen MR) is 115 cm³/mol. The van der Waals surface area contributed by atoms with Gasteiger partial charge in [0.2, 0.25) is 5.91 Å². The number of carbonyl (C=O) groups is 1. The summed E-state index contributed by atoms with van der Waals surface area (Å²) in [5, 5.41) is 3.42. The van der Waals surface area contributed by atoms with Crippen LogP contribution in [-0.4, -0.2) is 76.9 Å². The van der Waals surface area contributed by atoms with E-state index in [9.17, 15) is 4.79 Å². The zero-order valence-corrected chi connectivity index (χ0v) is 17.7. The average Bonchev–Trinajstić information content (AvgIpc) is 3.38. The van der Waals surface area contributed by atoms with E-state index in [1.165, 1.54) is 5.56 Å². The molecule has 1 N–H and O–H groups in total. The summed E-state index contributed by atoms with van der Waals surface area (Å²) in [6, 6.07) is 8.20. The van der Waals surface area contributed by atoms with E-state index in [1.54, 1.807) is 7.11 Å². The van der Waals surface area contributed by atoms with Crippen molar-refractivity contribution in [2.45, 2.75) is 25.7 Å². The van der Waals surface area contributed by atoms with E-state index in [0.717, 1.165) is 63.7 Å². The van der Waals surface area contributed by atoms with Gasteiger partial charge in [-0.15, -0.1) is 0 Å². The first-order valence-corrected chi connectivity index (χ1v) is 10.6. The number of methoxy groups -OCH3 is 1. The Morgan fingerprint density at radius 2 is 2.14 bits per heavy atom. The largest absolute Gasteiger partial charge is 0.382 e. The third-order valence-electron chi connectivity index (χ3n) is 5.62. The molecule has 0 aliphatic carbocycles. The molecule has 1 saturated heterocycles. The summed E-state index contributed by atoms with van der Waals surface area (Å²) in [5.74, 6) is 1.66. The van der Waals surface area contributed by atoms with Crippen LogP contribution in [0.1, 0.15) is 24.8 Å². The molecule has 1 amide bonds. The van der Waals surface area contributed by atoms with Crippen molar-refractivity contribution in [1.82, 2.24) is 10.2 Å². The normalized spacial score (nSPS) is 19.0. The highest BCUT2D eigenvalue weighted by Crippen LogP contribution is 2.28. The van der Waals surface area contributed by atoms with Gasteiger partial charge in [0, 0.05) is 58.4 Å². The van der Waals surface area contributed by atoms with Gasteiger partial charge in [0.25, 0.3) is 0 Å². The number of guanidine groups is 1. The molecule has 0 radical (unpaired) electrons. The topological polar surface area (TPSA) is 66.4 Å². The third kappa shape index (κ3) is 5.93. The summed E-state index contributed by atoms with van der Waals surface area (Å²) >= 11 is 0. The number of fused-ring (bicyclic) bond motifs is 1. The third-order valence-corrected chi connectivity index (χ3v) is 5.62. The van der Waals surface area contributed by atoms with Gasteiger partial charge in [0.15, 0.2) is 5.96 Å². The molecule has 0 saturated carbocycles. The molecule has 160 valence electrons. The van der Waals surface area contributed by atoms with Crippen LogP contribution in [0.3, 0.4) is 0 Å². The first-order valence-electron chi connectivity index (χ1n) is 10.6. The minimum atomic E-state index is 0.209. The number of para-hydroxylation sites is 1. The number of anilines is 1. The van der Waals surface area contributed by atoms with Gasteiger partial charge in [-0.05, 0) is 30.9 Å². The van der Waals surface area contributed by atoms with Crippen molar-refractivity contribution in [3.63, 3.8) is 0 Å². The molecule has 0 spiro atoms. The van der Waals surface area contributed by atoms with Crippen LogP contribution in [0.2, 0.25) is 0 Å². The summed E-state index contributed by atoms with van der Waals surface area (Å²) in [4.78, 5) is 21.2. The summed E-state index contributed by atoms with van der Waals surface area (Å²) in [7, 11) is 3.50. The SMILES string of the molecule is CN=C(NCCCC(=O)N1CCc2ccccc21)N1CCC(COCCOC)C1. The molecular formula is C22H34N4O3. The molecule has 0 aromatic heterocycles. The number of nitrogens with zero attached hydrogens (tertiary/aromatic N) is 3. The predicted octanol–water partition coefficient (Wildman–Crippen LogP) is 1.92. The maximum Gasteiger partial charge on any atom is 0.227 e. The lowest BCUT2D eigenvalue weighted by Gasteiger charge is -2.22. The lowest BCUT2D eigenvalue weighted by atomic mass is 10.1. The molecule has 29 heavy (non-hydrogen) atoms. The van der Waals surface area contributed by atoms with Crippen LogP contribution in [0.4, 0.5) is 5.69 Å². The summed E-state index contributed by atoms with van der Waals surface area (Å²) in [6.07, 6.45) is 3.42. The van der Waals surface area contributed by atoms with Crippen LogP contribution in [0.25, 0.3) is 0 Å². The number of amides is 1. The van der Waals surface area contributed by atoms with Gasteiger partial charge in [0.1, 0.15) is 0 Å². The lowest BCUT2D eigenvalue weighted by Crippen LogP contribution is -2.41. The number of aliphatic imine (C=N–C) groups is 1. The molecule has 1 fully saturated rings. The maximum atomic E-state index is 12.6. The fourth-order valence-electron chi connectivity index (χ4n) is 4.06. The molecule has 2 aliphatic rings. The molecule has 1 atom stereocenters. The first kappa shape index (κ1) is 21.6. The fourth-order valence-corrected chi connectivity index (χ4v) is 4.06. The smallest absolute Gasteiger partial charge is 0.227 e. The maximum absolute atomic E-state index is 12.6. The number of likely N-dealkylation sites (tertiary alicyclic amines) is 1. The fraction of sp³-hybridized carbons (Fsp3) is 0.636. The van der Waals surface area contributed by atoms with Crippen molar-refractivity contribution < 1.29 is 14.3 Å². The molecular weight excluding hydrogens is 368 g/mol. The highest BCUT2D eigenvalue weighted by atomic mass is 16.5. The molecule has 1 aromatic carbocycles. The minimum Gasteiger partial charge on any atom is -0.382 e. The Kier molecular flexibility index (Phi) is 8.31. The number of rotatable bonds is 9. The van der Waals surface area contributed by atoms with E-state index in [-0.39, 0.29) is 5.91 Å². The van der Waals surface area contributed by atoms with Crippen molar-refractivity contribution in [2.24, 2.45) is 10.9 Å². The standard InChI is InChI=1S/C22H34N4O3/c1-23-22(25-12-9-18(16-25)17-29-15-14-28-2)24-11-5-8-21(27)26-13-10-19-6-3-4-7-20(19)26/h3-4,6-7,18H,5,8-17H2,1-2H3,(H,23,24). The van der Waals surface area contributed by atoms with Crippen molar-refractivity contribution >= 4 is 17.6 Å². The molecule has 7 nitrogen and oxygen atoms in total. The number of benzene rings is 1. The van der Waals surface area contributed by atoms with Crippen molar-refractivity contribution in [3.05, 3.63) is 29.8 Å². The Morgan fingerprint density at radius 1 is 1.28 bits per heavy atom. The molecule has 7 heteroatoms. The van der Waals surface area contributed by atoms with Crippen molar-refractivity contribution in [2.75, 3.05) is 65.1 Å². The van der Waals surface area contributed by atoms with E-state index in [1.807, 2.05) is 30.1 Å². The van der Waals surface area contributed by atoms with Gasteiger partial charge in [-0.25, -0.2) is 0 Å². The quantitative estimate of drug-likeness (QED) is 0.388. The first-order chi connectivity index (χ1) is 14.2. The Balaban J connectivity index is 1.35. The van der Waals surface area contributed by atoms with Gasteiger partial charge in [-0.1, -0.05) is 18.2 Å². The molecule has 3 rings (SSSR count). The van der Waals surface area contributed by atoms with E-state index >= 15 is 0 Å².